The van der Waals surface area contributed by atoms with Crippen LogP contribution in [0.25, 0.3) is 10.9 Å². The van der Waals surface area contributed by atoms with Crippen LogP contribution < -0.4 is 4.72 Å². The lowest BCUT2D eigenvalue weighted by molar-refractivity contribution is 0.0961. The minimum absolute atomic E-state index is 0.0816. The second kappa shape index (κ2) is 6.76. The zero-order valence-corrected chi connectivity index (χ0v) is 11.6. The van der Waals surface area contributed by atoms with Gasteiger partial charge in [0.25, 0.3) is 0 Å². The van der Waals surface area contributed by atoms with E-state index in [1.165, 1.54) is 0 Å². The minimum Gasteiger partial charge on any atom is -0.394 e. The average molecular weight is 296 g/mol. The Hall–Kier alpha value is -1.54. The van der Waals surface area contributed by atoms with Crippen LogP contribution in [0.5, 0.6) is 0 Å². The highest BCUT2D eigenvalue weighted by molar-refractivity contribution is 7.89. The van der Waals surface area contributed by atoms with Crippen molar-refractivity contribution in [1.82, 2.24) is 9.71 Å². The van der Waals surface area contributed by atoms with Crippen LogP contribution in [0.3, 0.4) is 0 Å². The van der Waals surface area contributed by atoms with Gasteiger partial charge in [-0.2, -0.15) is 0 Å². The summed E-state index contributed by atoms with van der Waals surface area (Å²) in [4.78, 5) is 4.33. The summed E-state index contributed by atoms with van der Waals surface area (Å²) in [6, 6.07) is 8.39. The quantitative estimate of drug-likeness (QED) is 0.727. The maximum Gasteiger partial charge on any atom is 0.241 e. The molecule has 1 aromatic carbocycles. The summed E-state index contributed by atoms with van der Waals surface area (Å²) in [6.45, 7) is 0.476. The van der Waals surface area contributed by atoms with E-state index < -0.39 is 10.0 Å². The molecule has 0 atom stereocenters. The van der Waals surface area contributed by atoms with Crippen LogP contribution in [-0.4, -0.2) is 44.9 Å². The van der Waals surface area contributed by atoms with Crippen LogP contribution in [0.1, 0.15) is 0 Å². The number of aliphatic hydroxyl groups excluding tert-OH is 1. The molecule has 1 heterocycles. The van der Waals surface area contributed by atoms with Crippen molar-refractivity contribution in [2.24, 2.45) is 0 Å². The summed E-state index contributed by atoms with van der Waals surface area (Å²) < 4.78 is 31.9. The van der Waals surface area contributed by atoms with Gasteiger partial charge in [-0.3, -0.25) is 4.98 Å². The Morgan fingerprint density at radius 1 is 1.20 bits per heavy atom. The van der Waals surface area contributed by atoms with Crippen molar-refractivity contribution in [3.05, 3.63) is 36.5 Å². The molecule has 0 aliphatic heterocycles. The molecule has 6 nitrogen and oxygen atoms in total. The molecule has 0 fully saturated rings. The van der Waals surface area contributed by atoms with E-state index in [0.29, 0.717) is 10.9 Å². The molecule has 0 unspecified atom stereocenters. The third kappa shape index (κ3) is 3.51. The summed E-state index contributed by atoms with van der Waals surface area (Å²) in [5, 5.41) is 9.13. The number of aliphatic hydroxyl groups is 1. The molecule has 0 aliphatic carbocycles. The van der Waals surface area contributed by atoms with Gasteiger partial charge in [-0.1, -0.05) is 6.07 Å². The first-order chi connectivity index (χ1) is 9.65. The van der Waals surface area contributed by atoms with Gasteiger partial charge in [-0.05, 0) is 24.3 Å². The van der Waals surface area contributed by atoms with Crippen LogP contribution in [0.2, 0.25) is 0 Å². The molecule has 2 N–H and O–H groups in total. The molecule has 0 aliphatic rings. The molecule has 0 saturated carbocycles. The Balaban J connectivity index is 2.15. The number of rotatable bonds is 7. The molecule has 2 aromatic rings. The Labute approximate surface area is 117 Å². The minimum atomic E-state index is -3.61. The topological polar surface area (TPSA) is 88.5 Å². The summed E-state index contributed by atoms with van der Waals surface area (Å²) >= 11 is 0. The van der Waals surface area contributed by atoms with Gasteiger partial charge in [0.2, 0.25) is 10.0 Å². The highest BCUT2D eigenvalue weighted by Gasteiger charge is 2.16. The maximum absolute atomic E-state index is 12.2. The third-order valence-electron chi connectivity index (χ3n) is 2.67. The molecule has 108 valence electrons. The van der Waals surface area contributed by atoms with E-state index in [1.54, 1.807) is 36.5 Å². The van der Waals surface area contributed by atoms with Gasteiger partial charge in [0.05, 0.1) is 30.2 Å². The van der Waals surface area contributed by atoms with Gasteiger partial charge >= 0.3 is 0 Å². The van der Waals surface area contributed by atoms with Crippen molar-refractivity contribution in [3.63, 3.8) is 0 Å². The lowest BCUT2D eigenvalue weighted by Crippen LogP contribution is -2.28. The average Bonchev–Trinajstić information content (AvgIpc) is 2.46. The van der Waals surface area contributed by atoms with Gasteiger partial charge < -0.3 is 9.84 Å². The SMILES string of the molecule is O=S(=O)(NCCOCCO)c1cccc2ncccc12. The molecule has 0 amide bonds. The Bertz CT molecular complexity index is 668. The predicted octanol–water partition coefficient (Wildman–Crippen LogP) is 0.522. The number of nitrogens with one attached hydrogen (secondary N) is 1. The first-order valence-electron chi connectivity index (χ1n) is 6.17. The molecule has 2 rings (SSSR count). The Morgan fingerprint density at radius 2 is 2.05 bits per heavy atom. The predicted molar refractivity (Wildman–Crippen MR) is 74.8 cm³/mol. The fourth-order valence-electron chi connectivity index (χ4n) is 1.80. The summed E-state index contributed by atoms with van der Waals surface area (Å²) in [5.41, 5.74) is 0.631. The van der Waals surface area contributed by atoms with E-state index in [1.807, 2.05) is 0 Å². The highest BCUT2D eigenvalue weighted by Crippen LogP contribution is 2.20. The maximum atomic E-state index is 12.2. The Kier molecular flexibility index (Phi) is 5.02. The summed E-state index contributed by atoms with van der Waals surface area (Å²) in [7, 11) is -3.61. The van der Waals surface area contributed by atoms with Crippen molar-refractivity contribution < 1.29 is 18.3 Å². The van der Waals surface area contributed by atoms with E-state index in [2.05, 4.69) is 9.71 Å². The van der Waals surface area contributed by atoms with Crippen molar-refractivity contribution in [2.75, 3.05) is 26.4 Å². The standard InChI is InChI=1S/C13H16N2O4S/c16-8-10-19-9-7-15-20(17,18)13-5-1-4-12-11(13)3-2-6-14-12/h1-6,15-16H,7-10H2. The third-order valence-corrected chi connectivity index (χ3v) is 4.19. The number of fused-ring (bicyclic) bond motifs is 1. The highest BCUT2D eigenvalue weighted by atomic mass is 32.2. The molecule has 1 aromatic heterocycles. The van der Waals surface area contributed by atoms with E-state index in [0.717, 1.165) is 0 Å². The summed E-state index contributed by atoms with van der Waals surface area (Å²) in [5.74, 6) is 0. The van der Waals surface area contributed by atoms with Crippen LogP contribution in [0, 0.1) is 0 Å². The van der Waals surface area contributed by atoms with Crippen molar-refractivity contribution in [3.8, 4) is 0 Å². The molecule has 20 heavy (non-hydrogen) atoms. The first-order valence-corrected chi connectivity index (χ1v) is 7.65. The smallest absolute Gasteiger partial charge is 0.241 e. The molecule has 7 heteroatoms. The van der Waals surface area contributed by atoms with E-state index in [4.69, 9.17) is 9.84 Å². The van der Waals surface area contributed by atoms with Crippen LogP contribution in [-0.2, 0) is 14.8 Å². The van der Waals surface area contributed by atoms with Gasteiger partial charge in [-0.15, -0.1) is 0 Å². The number of pyridine rings is 1. The number of ether oxygens (including phenoxy) is 1. The van der Waals surface area contributed by atoms with Gasteiger partial charge in [-0.25, -0.2) is 13.1 Å². The van der Waals surface area contributed by atoms with Crippen LogP contribution in [0.15, 0.2) is 41.4 Å². The zero-order valence-electron chi connectivity index (χ0n) is 10.8. The molecule has 0 saturated heterocycles. The largest absolute Gasteiger partial charge is 0.394 e. The van der Waals surface area contributed by atoms with Crippen LogP contribution in [0.4, 0.5) is 0 Å². The first kappa shape index (κ1) is 14.9. The Morgan fingerprint density at radius 3 is 2.85 bits per heavy atom. The van der Waals surface area contributed by atoms with Crippen molar-refractivity contribution in [1.29, 1.82) is 0 Å². The number of hydrogen-bond donors (Lipinski definition) is 2. The number of sulfonamides is 1. The van der Waals surface area contributed by atoms with Crippen LogP contribution >= 0.6 is 0 Å². The molecule has 0 spiro atoms. The molecular weight excluding hydrogens is 280 g/mol. The number of hydrogen-bond acceptors (Lipinski definition) is 5. The van der Waals surface area contributed by atoms with E-state index >= 15 is 0 Å². The van der Waals surface area contributed by atoms with Crippen molar-refractivity contribution in [2.45, 2.75) is 4.90 Å². The van der Waals surface area contributed by atoms with Gasteiger partial charge in [0.1, 0.15) is 0 Å². The second-order valence-electron chi connectivity index (χ2n) is 4.06. The number of benzene rings is 1. The fraction of sp³-hybridized carbons (Fsp3) is 0.308. The van der Waals surface area contributed by atoms with E-state index in [9.17, 15) is 8.42 Å². The monoisotopic (exact) mass is 296 g/mol. The van der Waals surface area contributed by atoms with Gasteiger partial charge in [0, 0.05) is 18.1 Å². The summed E-state index contributed by atoms with van der Waals surface area (Å²) in [6.07, 6.45) is 1.62. The zero-order chi connectivity index (χ0) is 14.4. The lowest BCUT2D eigenvalue weighted by Gasteiger charge is -2.09. The normalized spacial score (nSPS) is 11.8. The van der Waals surface area contributed by atoms with E-state index in [-0.39, 0.29) is 31.3 Å². The van der Waals surface area contributed by atoms with Gasteiger partial charge in [0.15, 0.2) is 0 Å². The fourth-order valence-corrected chi connectivity index (χ4v) is 3.03. The number of aromatic nitrogens is 1. The number of nitrogens with zero attached hydrogens (tertiary/aromatic N) is 1. The van der Waals surface area contributed by atoms with Crippen molar-refractivity contribution >= 4 is 20.9 Å². The second-order valence-corrected chi connectivity index (χ2v) is 5.80. The molecule has 0 radical (unpaired) electrons. The molecular formula is C13H16N2O4S. The molecule has 0 bridgehead atoms. The lowest BCUT2D eigenvalue weighted by atomic mass is 10.2.